The summed E-state index contributed by atoms with van der Waals surface area (Å²) >= 11 is 0. The maximum absolute atomic E-state index is 8.82. The van der Waals surface area contributed by atoms with Gasteiger partial charge in [-0.25, -0.2) is 0 Å². The normalized spacial score (nSPS) is 18.2. The fourth-order valence-corrected chi connectivity index (χ4v) is 1.57. The topological polar surface area (TPSA) is 32.7 Å². The highest BCUT2D eigenvalue weighted by Crippen LogP contribution is 2.23. The summed E-state index contributed by atoms with van der Waals surface area (Å²) in [5.74, 6) is 0. The molecule has 72 valence electrons. The molecular weight excluding hydrogens is 154 g/mol. The Morgan fingerprint density at radius 3 is 2.58 bits per heavy atom. The number of rotatable bonds is 6. The van der Waals surface area contributed by atoms with Gasteiger partial charge in [-0.05, 0) is 12.8 Å². The quantitative estimate of drug-likeness (QED) is 0.634. The molecule has 0 atom stereocenters. The van der Waals surface area contributed by atoms with Gasteiger partial charge in [-0.3, -0.25) is 4.90 Å². The molecule has 1 saturated carbocycles. The van der Waals surface area contributed by atoms with E-state index >= 15 is 0 Å². The summed E-state index contributed by atoms with van der Waals surface area (Å²) in [6, 6.07) is 0.715. The fraction of sp³-hybridized carbons (Fsp3) is 1.00. The maximum atomic E-state index is 8.82. The summed E-state index contributed by atoms with van der Waals surface area (Å²) in [7, 11) is 1.72. The molecule has 0 heterocycles. The van der Waals surface area contributed by atoms with E-state index in [0.29, 0.717) is 6.04 Å². The monoisotopic (exact) mass is 173 g/mol. The van der Waals surface area contributed by atoms with Crippen LogP contribution in [0.2, 0.25) is 0 Å². The minimum absolute atomic E-state index is 0.264. The Morgan fingerprint density at radius 2 is 2.17 bits per heavy atom. The highest BCUT2D eigenvalue weighted by Gasteiger charge is 2.23. The molecule has 12 heavy (non-hydrogen) atoms. The zero-order chi connectivity index (χ0) is 8.81. The van der Waals surface area contributed by atoms with Crippen molar-refractivity contribution in [1.82, 2.24) is 4.90 Å². The van der Waals surface area contributed by atoms with Crippen LogP contribution in [0.15, 0.2) is 0 Å². The van der Waals surface area contributed by atoms with Crippen molar-refractivity contribution in [3.05, 3.63) is 0 Å². The van der Waals surface area contributed by atoms with E-state index in [1.165, 1.54) is 19.3 Å². The number of aliphatic hydroxyl groups is 1. The molecule has 0 spiro atoms. The van der Waals surface area contributed by atoms with Gasteiger partial charge in [0.15, 0.2) is 0 Å². The third kappa shape index (κ3) is 2.73. The summed E-state index contributed by atoms with van der Waals surface area (Å²) in [6.45, 7) is 2.80. The van der Waals surface area contributed by atoms with Crippen LogP contribution < -0.4 is 0 Å². The summed E-state index contributed by atoms with van der Waals surface area (Å²) in [6.07, 6.45) is 3.94. The first-order valence-electron chi connectivity index (χ1n) is 4.72. The fourth-order valence-electron chi connectivity index (χ4n) is 1.57. The molecule has 0 aliphatic heterocycles. The lowest BCUT2D eigenvalue weighted by molar-refractivity contribution is 0.0694. The Balaban J connectivity index is 2.17. The number of methoxy groups -OCH3 is 1. The summed E-state index contributed by atoms with van der Waals surface area (Å²) in [5.41, 5.74) is 0. The number of hydrogen-bond donors (Lipinski definition) is 1. The van der Waals surface area contributed by atoms with Crippen molar-refractivity contribution in [2.75, 3.05) is 33.4 Å². The predicted octanol–water partition coefficient (Wildman–Crippen LogP) is 0.480. The van der Waals surface area contributed by atoms with Crippen LogP contribution in [0.25, 0.3) is 0 Å². The van der Waals surface area contributed by atoms with Crippen LogP contribution in [0.3, 0.4) is 0 Å². The Morgan fingerprint density at radius 1 is 1.42 bits per heavy atom. The van der Waals surface area contributed by atoms with Crippen molar-refractivity contribution < 1.29 is 9.84 Å². The molecule has 1 fully saturated rings. The second-order valence-electron chi connectivity index (χ2n) is 3.34. The van der Waals surface area contributed by atoms with Crippen molar-refractivity contribution in [2.45, 2.75) is 25.3 Å². The second kappa shape index (κ2) is 5.51. The van der Waals surface area contributed by atoms with Gasteiger partial charge in [0, 0.05) is 26.2 Å². The van der Waals surface area contributed by atoms with E-state index in [2.05, 4.69) is 4.90 Å². The molecule has 0 aromatic carbocycles. The molecule has 0 radical (unpaired) electrons. The molecule has 0 amide bonds. The van der Waals surface area contributed by atoms with Gasteiger partial charge < -0.3 is 9.84 Å². The van der Waals surface area contributed by atoms with E-state index in [4.69, 9.17) is 9.84 Å². The maximum Gasteiger partial charge on any atom is 0.0589 e. The van der Waals surface area contributed by atoms with Crippen molar-refractivity contribution >= 4 is 0 Å². The lowest BCUT2D eigenvalue weighted by atomic mass is 9.91. The standard InChI is InChI=1S/C9H19NO2/c1-12-8-6-10(5-7-11)9-3-2-4-9/h9,11H,2-8H2,1H3. The first kappa shape index (κ1) is 9.96. The van der Waals surface area contributed by atoms with E-state index in [1.807, 2.05) is 0 Å². The Kier molecular flexibility index (Phi) is 4.58. The van der Waals surface area contributed by atoms with Crippen LogP contribution in [-0.4, -0.2) is 49.5 Å². The number of hydrogen-bond acceptors (Lipinski definition) is 3. The Bertz CT molecular complexity index is 115. The third-order valence-corrected chi connectivity index (χ3v) is 2.56. The zero-order valence-electron chi connectivity index (χ0n) is 7.83. The Hall–Kier alpha value is -0.120. The van der Waals surface area contributed by atoms with Crippen molar-refractivity contribution in [2.24, 2.45) is 0 Å². The summed E-state index contributed by atoms with van der Waals surface area (Å²) in [5, 5.41) is 8.82. The largest absolute Gasteiger partial charge is 0.395 e. The second-order valence-corrected chi connectivity index (χ2v) is 3.34. The van der Waals surface area contributed by atoms with Gasteiger partial charge in [-0.15, -0.1) is 0 Å². The van der Waals surface area contributed by atoms with Gasteiger partial charge >= 0.3 is 0 Å². The molecule has 1 aliphatic rings. The van der Waals surface area contributed by atoms with Gasteiger partial charge in [0.05, 0.1) is 13.2 Å². The Labute approximate surface area is 74.3 Å². The zero-order valence-corrected chi connectivity index (χ0v) is 7.83. The first-order valence-corrected chi connectivity index (χ1v) is 4.72. The van der Waals surface area contributed by atoms with E-state index in [1.54, 1.807) is 7.11 Å². The molecule has 0 saturated heterocycles. The van der Waals surface area contributed by atoms with Crippen LogP contribution >= 0.6 is 0 Å². The molecule has 0 bridgehead atoms. The predicted molar refractivity (Wildman–Crippen MR) is 48.2 cm³/mol. The minimum atomic E-state index is 0.264. The smallest absolute Gasteiger partial charge is 0.0589 e. The van der Waals surface area contributed by atoms with Crippen LogP contribution in [0.5, 0.6) is 0 Å². The van der Waals surface area contributed by atoms with Gasteiger partial charge in [-0.1, -0.05) is 6.42 Å². The molecule has 3 nitrogen and oxygen atoms in total. The van der Waals surface area contributed by atoms with Crippen molar-refractivity contribution in [3.63, 3.8) is 0 Å². The minimum Gasteiger partial charge on any atom is -0.395 e. The van der Waals surface area contributed by atoms with E-state index in [0.717, 1.165) is 19.7 Å². The molecule has 1 rings (SSSR count). The SMILES string of the molecule is COCCN(CCO)C1CCC1. The lowest BCUT2D eigenvalue weighted by Crippen LogP contribution is -2.43. The van der Waals surface area contributed by atoms with E-state index < -0.39 is 0 Å². The molecule has 0 aromatic heterocycles. The van der Waals surface area contributed by atoms with Gasteiger partial charge in [0.25, 0.3) is 0 Å². The first-order chi connectivity index (χ1) is 5.88. The van der Waals surface area contributed by atoms with Gasteiger partial charge in [0.1, 0.15) is 0 Å². The van der Waals surface area contributed by atoms with Crippen LogP contribution in [-0.2, 0) is 4.74 Å². The third-order valence-electron chi connectivity index (χ3n) is 2.56. The van der Waals surface area contributed by atoms with Gasteiger partial charge in [0.2, 0.25) is 0 Å². The van der Waals surface area contributed by atoms with Crippen LogP contribution in [0, 0.1) is 0 Å². The van der Waals surface area contributed by atoms with Crippen LogP contribution in [0.4, 0.5) is 0 Å². The number of nitrogens with zero attached hydrogens (tertiary/aromatic N) is 1. The van der Waals surface area contributed by atoms with Gasteiger partial charge in [-0.2, -0.15) is 0 Å². The molecule has 1 aliphatic carbocycles. The highest BCUT2D eigenvalue weighted by atomic mass is 16.5. The summed E-state index contributed by atoms with van der Waals surface area (Å²) < 4.78 is 5.01. The van der Waals surface area contributed by atoms with Crippen molar-refractivity contribution in [1.29, 1.82) is 0 Å². The molecule has 0 aromatic rings. The van der Waals surface area contributed by atoms with E-state index in [-0.39, 0.29) is 6.61 Å². The lowest BCUT2D eigenvalue weighted by Gasteiger charge is -2.37. The van der Waals surface area contributed by atoms with Crippen molar-refractivity contribution in [3.8, 4) is 0 Å². The molecule has 0 unspecified atom stereocenters. The molecule has 3 heteroatoms. The molecule has 1 N–H and O–H groups in total. The average Bonchev–Trinajstić information content (AvgIpc) is 1.97. The van der Waals surface area contributed by atoms with Crippen LogP contribution in [0.1, 0.15) is 19.3 Å². The average molecular weight is 173 g/mol. The molecular formula is C9H19NO2. The summed E-state index contributed by atoms with van der Waals surface area (Å²) in [4.78, 5) is 2.33. The number of aliphatic hydroxyl groups excluding tert-OH is 1. The highest BCUT2D eigenvalue weighted by molar-refractivity contribution is 4.79. The number of ether oxygens (including phenoxy) is 1. The van der Waals surface area contributed by atoms with E-state index in [9.17, 15) is 0 Å².